The van der Waals surface area contributed by atoms with Crippen molar-refractivity contribution in [2.24, 2.45) is 5.92 Å². The number of rotatable bonds is 6. The van der Waals surface area contributed by atoms with Gasteiger partial charge in [-0.2, -0.15) is 36.5 Å². The van der Waals surface area contributed by atoms with Gasteiger partial charge in [0, 0.05) is 38.7 Å². The number of furan rings is 2. The maximum absolute atomic E-state index is 14.0. The Hall–Kier alpha value is -5.23. The summed E-state index contributed by atoms with van der Waals surface area (Å²) in [7, 11) is 0. The number of ether oxygens (including phenoxy) is 3. The number of esters is 2. The zero-order valence-electron chi connectivity index (χ0n) is 31.3. The predicted octanol–water partition coefficient (Wildman–Crippen LogP) is 8.05. The van der Waals surface area contributed by atoms with Gasteiger partial charge in [0.15, 0.2) is 0 Å². The molecule has 3 aliphatic rings. The molecule has 0 radical (unpaired) electrons. The van der Waals surface area contributed by atoms with Gasteiger partial charge < -0.3 is 27.9 Å². The van der Waals surface area contributed by atoms with E-state index in [-0.39, 0.29) is 72.1 Å². The summed E-state index contributed by atoms with van der Waals surface area (Å²) in [5, 5.41) is 10.8. The first kappa shape index (κ1) is 40.4. The van der Waals surface area contributed by atoms with E-state index >= 15 is 0 Å². The fourth-order valence-electron chi connectivity index (χ4n) is 7.10. The molecule has 5 heterocycles. The van der Waals surface area contributed by atoms with Crippen molar-refractivity contribution in [2.75, 3.05) is 26.3 Å². The van der Waals surface area contributed by atoms with Crippen molar-refractivity contribution in [1.82, 2.24) is 24.9 Å². The van der Waals surface area contributed by atoms with Crippen molar-refractivity contribution >= 4 is 18.0 Å². The highest BCUT2D eigenvalue weighted by atomic mass is 19.4. The number of aromatic nitrogens is 4. The van der Waals surface area contributed by atoms with Crippen LogP contribution in [0.1, 0.15) is 102 Å². The summed E-state index contributed by atoms with van der Waals surface area (Å²) in [4.78, 5) is 37.9. The van der Waals surface area contributed by atoms with Gasteiger partial charge >= 0.3 is 30.4 Å². The number of carbonyl (C=O) groups is 3. The molecule has 1 fully saturated rings. The topological polar surface area (TPSA) is 155 Å². The lowest BCUT2D eigenvalue weighted by atomic mass is 9.93. The van der Waals surface area contributed by atoms with Crippen LogP contribution in [0.2, 0.25) is 0 Å². The molecule has 2 aliphatic carbocycles. The number of alkyl halides is 6. The summed E-state index contributed by atoms with van der Waals surface area (Å²) in [5.41, 5.74) is -1.27. The average Bonchev–Trinajstić information content (AvgIpc) is 3.90. The molecule has 13 nitrogen and oxygen atoms in total. The molecule has 0 aromatic carbocycles. The highest BCUT2D eigenvalue weighted by Crippen LogP contribution is 2.47. The molecular weight excluding hydrogens is 756 g/mol. The Balaban J connectivity index is 0.000000215. The molecule has 0 bridgehead atoms. The predicted molar refractivity (Wildman–Crippen MR) is 183 cm³/mol. The molecule has 0 spiro atoms. The largest absolute Gasteiger partial charge is 0.460 e. The lowest BCUT2D eigenvalue weighted by Gasteiger charge is -2.33. The van der Waals surface area contributed by atoms with Crippen LogP contribution in [0.25, 0.3) is 22.5 Å². The van der Waals surface area contributed by atoms with E-state index in [0.29, 0.717) is 43.6 Å². The highest BCUT2D eigenvalue weighted by Gasteiger charge is 2.47. The fraction of sp³-hybridized carbons (Fsp3) is 0.541. The molecule has 4 aromatic rings. The first-order valence-electron chi connectivity index (χ1n) is 18.2. The molecule has 1 saturated heterocycles. The zero-order valence-corrected chi connectivity index (χ0v) is 31.3. The monoisotopic (exact) mass is 797 g/mol. The molecule has 0 saturated carbocycles. The smallest absolute Gasteiger partial charge is 0.421 e. The second-order valence-corrected chi connectivity index (χ2v) is 14.6. The van der Waals surface area contributed by atoms with E-state index in [1.165, 1.54) is 20.0 Å². The van der Waals surface area contributed by atoms with Gasteiger partial charge in [0.2, 0.25) is 11.5 Å². The number of carbonyl (C=O) groups excluding carboxylic acids is 3. The van der Waals surface area contributed by atoms with E-state index in [1.54, 1.807) is 15.8 Å². The average molecular weight is 798 g/mol. The quantitative estimate of drug-likeness (QED) is 0.115. The Morgan fingerprint density at radius 3 is 1.89 bits per heavy atom. The van der Waals surface area contributed by atoms with Crippen LogP contribution in [0.15, 0.2) is 21.2 Å². The molecule has 56 heavy (non-hydrogen) atoms. The van der Waals surface area contributed by atoms with Crippen molar-refractivity contribution in [3.63, 3.8) is 0 Å². The SMILES string of the molecule is CCOC(=O)c1oc2c(c1C(F)(F)F)-c1[nH]ncc1CC2.CCOC(=O)c1oc2c(c1C(F)(F)F)-c1nn(CC3CCN(C(=O)OC(C)(C)C)CC3)cc1CC2. The van der Waals surface area contributed by atoms with Crippen molar-refractivity contribution in [1.29, 1.82) is 0 Å². The van der Waals surface area contributed by atoms with Crippen molar-refractivity contribution in [2.45, 2.75) is 97.6 Å². The van der Waals surface area contributed by atoms with E-state index < -0.39 is 52.5 Å². The second-order valence-electron chi connectivity index (χ2n) is 14.6. The Morgan fingerprint density at radius 1 is 0.821 bits per heavy atom. The molecule has 4 aromatic heterocycles. The number of nitrogens with zero attached hydrogens (tertiary/aromatic N) is 4. The number of fused-ring (bicyclic) bond motifs is 6. The van der Waals surface area contributed by atoms with E-state index in [1.807, 2.05) is 20.8 Å². The van der Waals surface area contributed by atoms with E-state index in [9.17, 15) is 40.7 Å². The third kappa shape index (κ3) is 8.30. The maximum Gasteiger partial charge on any atom is 0.421 e. The zero-order chi connectivity index (χ0) is 40.7. The summed E-state index contributed by atoms with van der Waals surface area (Å²) in [6.45, 7) is 10.0. The number of hydrogen-bond acceptors (Lipinski definition) is 10. The van der Waals surface area contributed by atoms with E-state index in [4.69, 9.17) is 18.3 Å². The van der Waals surface area contributed by atoms with Gasteiger partial charge in [-0.25, -0.2) is 14.4 Å². The minimum absolute atomic E-state index is 0.0309. The van der Waals surface area contributed by atoms with Gasteiger partial charge in [-0.15, -0.1) is 0 Å². The van der Waals surface area contributed by atoms with Gasteiger partial charge in [-0.1, -0.05) is 0 Å². The summed E-state index contributed by atoms with van der Waals surface area (Å²) in [6.07, 6.45) is -3.64. The molecular formula is C37H41F6N5O8. The first-order chi connectivity index (χ1) is 26.3. The summed E-state index contributed by atoms with van der Waals surface area (Å²) >= 11 is 0. The standard InChI is InChI=1S/C24H30F3N3O5.C13H11F3N2O3/c1-5-33-21(31)20-18(24(25,26)27)17-16(34-20)7-6-15-13-30(28-19(15)17)12-14-8-10-29(11-9-14)22(32)35-23(2,3)4;1-2-20-12(19)11-9(13(14,15)16)8-7(21-11)4-3-6-5-17-18-10(6)8/h13-14H,5-12H2,1-4H3;5H,2-4H2,1H3,(H,17,18). The van der Waals surface area contributed by atoms with Crippen molar-refractivity contribution in [3.8, 4) is 22.5 Å². The first-order valence-corrected chi connectivity index (χ1v) is 18.2. The lowest BCUT2D eigenvalue weighted by molar-refractivity contribution is -0.138. The molecule has 1 N–H and O–H groups in total. The van der Waals surface area contributed by atoms with Crippen LogP contribution in [0.4, 0.5) is 31.1 Å². The Bertz CT molecular complexity index is 2090. The molecule has 1 amide bonds. The van der Waals surface area contributed by atoms with Crippen LogP contribution in [0.3, 0.4) is 0 Å². The van der Waals surface area contributed by atoms with Crippen molar-refractivity contribution < 1.29 is 63.8 Å². The molecule has 0 unspecified atom stereocenters. The molecule has 1 aliphatic heterocycles. The fourth-order valence-corrected chi connectivity index (χ4v) is 7.10. The minimum Gasteiger partial charge on any atom is -0.460 e. The van der Waals surface area contributed by atoms with Gasteiger partial charge in [0.1, 0.15) is 28.2 Å². The number of piperidine rings is 1. The molecule has 0 atom stereocenters. The van der Waals surface area contributed by atoms with Crippen LogP contribution in [-0.4, -0.2) is 74.8 Å². The minimum atomic E-state index is -4.80. The van der Waals surface area contributed by atoms with E-state index in [2.05, 4.69) is 20.0 Å². The Labute approximate surface area is 316 Å². The number of likely N-dealkylation sites (tertiary alicyclic amines) is 1. The van der Waals surface area contributed by atoms with Crippen LogP contribution >= 0.6 is 0 Å². The van der Waals surface area contributed by atoms with Gasteiger partial charge in [-0.3, -0.25) is 9.78 Å². The van der Waals surface area contributed by atoms with Gasteiger partial charge in [-0.05, 0) is 77.3 Å². The highest BCUT2D eigenvalue weighted by molar-refractivity contribution is 5.93. The third-order valence-corrected chi connectivity index (χ3v) is 9.45. The number of H-pyrrole nitrogens is 1. The number of halogens is 6. The number of aryl methyl sites for hydroxylation is 4. The normalized spacial score (nSPS) is 15.5. The third-order valence-electron chi connectivity index (χ3n) is 9.45. The summed E-state index contributed by atoms with van der Waals surface area (Å²) in [5.74, 6) is -3.41. The number of amides is 1. The Morgan fingerprint density at radius 2 is 1.36 bits per heavy atom. The van der Waals surface area contributed by atoms with Gasteiger partial charge in [0.05, 0.1) is 41.9 Å². The van der Waals surface area contributed by atoms with Crippen LogP contribution < -0.4 is 0 Å². The second kappa shape index (κ2) is 15.4. The Kier molecular flexibility index (Phi) is 11.1. The van der Waals surface area contributed by atoms with Crippen LogP contribution in [0, 0.1) is 5.92 Å². The maximum atomic E-state index is 14.0. The van der Waals surface area contributed by atoms with Crippen molar-refractivity contribution in [3.05, 3.63) is 57.7 Å². The summed E-state index contributed by atoms with van der Waals surface area (Å²) in [6, 6.07) is 0. The van der Waals surface area contributed by atoms with Crippen LogP contribution in [0.5, 0.6) is 0 Å². The van der Waals surface area contributed by atoms with E-state index in [0.717, 1.165) is 12.8 Å². The number of hydrogen-bond donors (Lipinski definition) is 1. The van der Waals surface area contributed by atoms with Gasteiger partial charge in [0.25, 0.3) is 0 Å². The molecule has 304 valence electrons. The number of nitrogens with one attached hydrogen (secondary N) is 1. The molecule has 7 rings (SSSR count). The lowest BCUT2D eigenvalue weighted by Crippen LogP contribution is -2.42. The van der Waals surface area contributed by atoms with Crippen LogP contribution in [-0.2, 0) is 58.8 Å². The summed E-state index contributed by atoms with van der Waals surface area (Å²) < 4.78 is 109. The molecule has 19 heteroatoms. The number of aromatic amines is 1.